The van der Waals surface area contributed by atoms with E-state index in [4.69, 9.17) is 0 Å². The SMILES string of the molecule is Cn1ccc(NCCn2cccn2)n1. The Bertz CT molecular complexity index is 376. The van der Waals surface area contributed by atoms with Crippen LogP contribution in [-0.2, 0) is 13.6 Å². The number of nitrogens with one attached hydrogen (secondary N) is 1. The quantitative estimate of drug-likeness (QED) is 0.775. The standard InChI is InChI=1S/C9H13N5/c1-13-7-3-9(12-13)10-5-8-14-6-2-4-11-14/h2-4,6-7H,5,8H2,1H3,(H,10,12). The van der Waals surface area contributed by atoms with Crippen LogP contribution in [0.4, 0.5) is 5.82 Å². The first-order chi connectivity index (χ1) is 6.84. The van der Waals surface area contributed by atoms with Gasteiger partial charge in [-0.3, -0.25) is 9.36 Å². The first-order valence-electron chi connectivity index (χ1n) is 4.55. The third-order valence-electron chi connectivity index (χ3n) is 1.92. The summed E-state index contributed by atoms with van der Waals surface area (Å²) in [6.45, 7) is 1.68. The number of nitrogens with zero attached hydrogens (tertiary/aromatic N) is 4. The van der Waals surface area contributed by atoms with E-state index in [2.05, 4.69) is 15.5 Å². The van der Waals surface area contributed by atoms with Gasteiger partial charge in [0.1, 0.15) is 5.82 Å². The van der Waals surface area contributed by atoms with Gasteiger partial charge in [-0.05, 0) is 6.07 Å². The van der Waals surface area contributed by atoms with Crippen molar-refractivity contribution in [1.29, 1.82) is 0 Å². The Morgan fingerprint density at radius 3 is 3.00 bits per heavy atom. The number of rotatable bonds is 4. The molecule has 0 saturated carbocycles. The average molecular weight is 191 g/mol. The van der Waals surface area contributed by atoms with E-state index in [1.807, 2.05) is 36.3 Å². The largest absolute Gasteiger partial charge is 0.367 e. The predicted octanol–water partition coefficient (Wildman–Crippen LogP) is 0.729. The maximum atomic E-state index is 4.21. The van der Waals surface area contributed by atoms with Crippen molar-refractivity contribution in [3.63, 3.8) is 0 Å². The molecule has 14 heavy (non-hydrogen) atoms. The lowest BCUT2D eigenvalue weighted by Gasteiger charge is -2.02. The van der Waals surface area contributed by atoms with Gasteiger partial charge in [-0.25, -0.2) is 0 Å². The normalized spacial score (nSPS) is 10.4. The molecule has 0 spiro atoms. The summed E-state index contributed by atoms with van der Waals surface area (Å²) in [5.41, 5.74) is 0. The van der Waals surface area contributed by atoms with Gasteiger partial charge in [-0.1, -0.05) is 0 Å². The highest BCUT2D eigenvalue weighted by atomic mass is 15.3. The van der Waals surface area contributed by atoms with Crippen molar-refractivity contribution in [3.8, 4) is 0 Å². The minimum Gasteiger partial charge on any atom is -0.367 e. The van der Waals surface area contributed by atoms with Gasteiger partial charge in [-0.15, -0.1) is 0 Å². The number of aryl methyl sites for hydroxylation is 1. The van der Waals surface area contributed by atoms with E-state index in [0.717, 1.165) is 18.9 Å². The molecule has 0 aliphatic heterocycles. The Labute approximate surface area is 82.3 Å². The molecule has 2 rings (SSSR count). The highest BCUT2D eigenvalue weighted by Gasteiger charge is 1.94. The van der Waals surface area contributed by atoms with Crippen molar-refractivity contribution in [3.05, 3.63) is 30.7 Å². The molecule has 2 aromatic heterocycles. The van der Waals surface area contributed by atoms with Crippen molar-refractivity contribution in [2.45, 2.75) is 6.54 Å². The van der Waals surface area contributed by atoms with Crippen LogP contribution in [0, 0.1) is 0 Å². The summed E-state index contributed by atoms with van der Waals surface area (Å²) in [4.78, 5) is 0. The third-order valence-corrected chi connectivity index (χ3v) is 1.92. The zero-order valence-corrected chi connectivity index (χ0v) is 8.09. The van der Waals surface area contributed by atoms with E-state index in [1.165, 1.54) is 0 Å². The topological polar surface area (TPSA) is 47.7 Å². The van der Waals surface area contributed by atoms with Crippen LogP contribution >= 0.6 is 0 Å². The van der Waals surface area contributed by atoms with Gasteiger partial charge in [0.2, 0.25) is 0 Å². The summed E-state index contributed by atoms with van der Waals surface area (Å²) in [5, 5.41) is 11.5. The van der Waals surface area contributed by atoms with Crippen LogP contribution in [0.2, 0.25) is 0 Å². The molecule has 5 nitrogen and oxygen atoms in total. The zero-order valence-electron chi connectivity index (χ0n) is 8.09. The van der Waals surface area contributed by atoms with Gasteiger partial charge in [0.05, 0.1) is 6.54 Å². The fourth-order valence-electron chi connectivity index (χ4n) is 1.24. The molecular formula is C9H13N5. The smallest absolute Gasteiger partial charge is 0.148 e. The first-order valence-corrected chi connectivity index (χ1v) is 4.55. The molecule has 0 fully saturated rings. The van der Waals surface area contributed by atoms with Gasteiger partial charge in [0.25, 0.3) is 0 Å². The zero-order chi connectivity index (χ0) is 9.80. The molecule has 2 heterocycles. The summed E-state index contributed by atoms with van der Waals surface area (Å²) in [5.74, 6) is 0.902. The Balaban J connectivity index is 1.78. The van der Waals surface area contributed by atoms with E-state index in [0.29, 0.717) is 0 Å². The van der Waals surface area contributed by atoms with Gasteiger partial charge < -0.3 is 5.32 Å². The summed E-state index contributed by atoms with van der Waals surface area (Å²) in [6.07, 6.45) is 5.64. The fraction of sp³-hybridized carbons (Fsp3) is 0.333. The van der Waals surface area contributed by atoms with Gasteiger partial charge in [0, 0.05) is 38.2 Å². The summed E-state index contributed by atoms with van der Waals surface area (Å²) < 4.78 is 3.66. The maximum Gasteiger partial charge on any atom is 0.148 e. The van der Waals surface area contributed by atoms with Crippen molar-refractivity contribution in [2.75, 3.05) is 11.9 Å². The lowest BCUT2D eigenvalue weighted by Crippen LogP contribution is -2.11. The molecule has 0 atom stereocenters. The molecule has 0 aliphatic carbocycles. The lowest BCUT2D eigenvalue weighted by molar-refractivity contribution is 0.636. The second-order valence-corrected chi connectivity index (χ2v) is 3.07. The van der Waals surface area contributed by atoms with Crippen LogP contribution in [0.15, 0.2) is 30.7 Å². The van der Waals surface area contributed by atoms with Crippen LogP contribution in [0.3, 0.4) is 0 Å². The Kier molecular flexibility index (Phi) is 2.48. The van der Waals surface area contributed by atoms with E-state index in [-0.39, 0.29) is 0 Å². The van der Waals surface area contributed by atoms with Crippen molar-refractivity contribution < 1.29 is 0 Å². The van der Waals surface area contributed by atoms with E-state index in [1.54, 1.807) is 10.9 Å². The summed E-state index contributed by atoms with van der Waals surface area (Å²) in [6, 6.07) is 3.86. The second kappa shape index (κ2) is 3.95. The fourth-order valence-corrected chi connectivity index (χ4v) is 1.24. The molecule has 5 heteroatoms. The van der Waals surface area contributed by atoms with E-state index in [9.17, 15) is 0 Å². The summed E-state index contributed by atoms with van der Waals surface area (Å²) >= 11 is 0. The molecule has 0 unspecified atom stereocenters. The van der Waals surface area contributed by atoms with Crippen LogP contribution in [0.25, 0.3) is 0 Å². The molecule has 1 N–H and O–H groups in total. The molecule has 0 aromatic carbocycles. The molecular weight excluding hydrogens is 178 g/mol. The van der Waals surface area contributed by atoms with Gasteiger partial charge in [0.15, 0.2) is 0 Å². The van der Waals surface area contributed by atoms with E-state index < -0.39 is 0 Å². The first kappa shape index (κ1) is 8.80. The van der Waals surface area contributed by atoms with Crippen molar-refractivity contribution >= 4 is 5.82 Å². The van der Waals surface area contributed by atoms with Crippen molar-refractivity contribution in [2.24, 2.45) is 7.05 Å². The molecule has 0 amide bonds. The minimum atomic E-state index is 0.832. The number of hydrogen-bond acceptors (Lipinski definition) is 3. The van der Waals surface area contributed by atoms with Crippen LogP contribution in [0.5, 0.6) is 0 Å². The average Bonchev–Trinajstić information content (AvgIpc) is 2.77. The Morgan fingerprint density at radius 2 is 2.36 bits per heavy atom. The molecule has 0 radical (unpaired) electrons. The predicted molar refractivity (Wildman–Crippen MR) is 53.9 cm³/mol. The van der Waals surface area contributed by atoms with Crippen molar-refractivity contribution in [1.82, 2.24) is 19.6 Å². The van der Waals surface area contributed by atoms with Gasteiger partial charge in [-0.2, -0.15) is 10.2 Å². The number of aromatic nitrogens is 4. The highest BCUT2D eigenvalue weighted by molar-refractivity contribution is 5.31. The van der Waals surface area contributed by atoms with Gasteiger partial charge >= 0.3 is 0 Å². The van der Waals surface area contributed by atoms with E-state index >= 15 is 0 Å². The monoisotopic (exact) mass is 191 g/mol. The lowest BCUT2D eigenvalue weighted by atomic mass is 10.5. The number of anilines is 1. The molecule has 2 aromatic rings. The Morgan fingerprint density at radius 1 is 1.43 bits per heavy atom. The summed E-state index contributed by atoms with van der Waals surface area (Å²) in [7, 11) is 1.90. The highest BCUT2D eigenvalue weighted by Crippen LogP contribution is 1.99. The molecule has 0 bridgehead atoms. The maximum absolute atomic E-state index is 4.21. The van der Waals surface area contributed by atoms with Crippen LogP contribution in [-0.4, -0.2) is 26.1 Å². The third kappa shape index (κ3) is 2.12. The minimum absolute atomic E-state index is 0.832. The van der Waals surface area contributed by atoms with Crippen LogP contribution in [0.1, 0.15) is 0 Å². The molecule has 0 aliphatic rings. The van der Waals surface area contributed by atoms with Crippen LogP contribution < -0.4 is 5.32 Å². The molecule has 74 valence electrons. The Hall–Kier alpha value is -1.78. The number of hydrogen-bond donors (Lipinski definition) is 1. The second-order valence-electron chi connectivity index (χ2n) is 3.07. The molecule has 0 saturated heterocycles.